The van der Waals surface area contributed by atoms with Gasteiger partial charge in [-0.1, -0.05) is 20.8 Å². The predicted molar refractivity (Wildman–Crippen MR) is 69.7 cm³/mol. The molecule has 2 fully saturated rings. The lowest BCUT2D eigenvalue weighted by molar-refractivity contribution is 0.140. The van der Waals surface area contributed by atoms with E-state index in [2.05, 4.69) is 38.0 Å². The number of hydrogen-bond acceptors (Lipinski definition) is 2. The quantitative estimate of drug-likeness (QED) is 0.772. The smallest absolute Gasteiger partial charge is 0.0271 e. The molecular weight excluding hydrogens is 196 g/mol. The van der Waals surface area contributed by atoms with E-state index in [9.17, 15) is 0 Å². The van der Waals surface area contributed by atoms with Gasteiger partial charge in [-0.3, -0.25) is 4.90 Å². The summed E-state index contributed by atoms with van der Waals surface area (Å²) in [5.41, 5.74) is 0.473. The van der Waals surface area contributed by atoms with Gasteiger partial charge in [-0.2, -0.15) is 0 Å². The van der Waals surface area contributed by atoms with E-state index in [1.54, 1.807) is 0 Å². The molecule has 0 aromatic carbocycles. The molecule has 0 aromatic rings. The van der Waals surface area contributed by atoms with Crippen LogP contribution < -0.4 is 5.32 Å². The fourth-order valence-electron chi connectivity index (χ4n) is 3.59. The van der Waals surface area contributed by atoms with Crippen molar-refractivity contribution in [2.75, 3.05) is 13.6 Å². The van der Waals surface area contributed by atoms with Crippen LogP contribution in [0.15, 0.2) is 0 Å². The summed E-state index contributed by atoms with van der Waals surface area (Å²) in [5, 5.41) is 3.58. The van der Waals surface area contributed by atoms with Crippen LogP contribution in [0.1, 0.15) is 52.9 Å². The minimum Gasteiger partial charge on any atom is -0.315 e. The fourth-order valence-corrected chi connectivity index (χ4v) is 3.59. The lowest BCUT2D eigenvalue weighted by Crippen LogP contribution is -2.51. The molecule has 94 valence electrons. The first kappa shape index (κ1) is 12.4. The molecule has 0 saturated heterocycles. The van der Waals surface area contributed by atoms with E-state index in [1.165, 1.54) is 38.6 Å². The molecular formula is C14H28N2. The van der Waals surface area contributed by atoms with Gasteiger partial charge in [0.15, 0.2) is 0 Å². The highest BCUT2D eigenvalue weighted by atomic mass is 15.2. The van der Waals surface area contributed by atoms with Crippen molar-refractivity contribution in [2.24, 2.45) is 5.41 Å². The number of likely N-dealkylation sites (N-methyl/N-ethyl adjacent to an activating group) is 1. The van der Waals surface area contributed by atoms with E-state index in [4.69, 9.17) is 0 Å². The minimum atomic E-state index is 0.473. The molecule has 0 amide bonds. The van der Waals surface area contributed by atoms with Crippen LogP contribution in [0.4, 0.5) is 0 Å². The highest BCUT2D eigenvalue weighted by Crippen LogP contribution is 2.42. The molecule has 0 aliphatic heterocycles. The Hall–Kier alpha value is -0.0800. The third-order valence-electron chi connectivity index (χ3n) is 4.55. The summed E-state index contributed by atoms with van der Waals surface area (Å²) in [6, 6.07) is 2.38. The standard InChI is InChI=1S/C14H28N2/c1-5-10-16(11-6-7-11)12-8-9-14(2,3)13(12)15-4/h11-13,15H,5-10H2,1-4H3. The SMILES string of the molecule is CCCN(C1CC1)C1CCC(C)(C)C1NC. The van der Waals surface area contributed by atoms with Crippen LogP contribution in [0, 0.1) is 5.41 Å². The molecule has 2 heteroatoms. The number of rotatable bonds is 5. The van der Waals surface area contributed by atoms with Crippen LogP contribution in [0.2, 0.25) is 0 Å². The van der Waals surface area contributed by atoms with Crippen LogP contribution in [-0.4, -0.2) is 36.6 Å². The molecule has 2 atom stereocenters. The largest absolute Gasteiger partial charge is 0.315 e. The Morgan fingerprint density at radius 1 is 1.25 bits per heavy atom. The van der Waals surface area contributed by atoms with E-state index in [0.29, 0.717) is 11.5 Å². The van der Waals surface area contributed by atoms with E-state index >= 15 is 0 Å². The maximum absolute atomic E-state index is 3.58. The molecule has 2 nitrogen and oxygen atoms in total. The normalized spacial score (nSPS) is 33.6. The number of nitrogens with one attached hydrogen (secondary N) is 1. The van der Waals surface area contributed by atoms with Crippen molar-refractivity contribution in [2.45, 2.75) is 71.0 Å². The molecule has 2 aliphatic rings. The van der Waals surface area contributed by atoms with Crippen LogP contribution in [0.3, 0.4) is 0 Å². The molecule has 0 spiro atoms. The van der Waals surface area contributed by atoms with E-state index in [0.717, 1.165) is 12.1 Å². The zero-order valence-corrected chi connectivity index (χ0v) is 11.4. The van der Waals surface area contributed by atoms with Gasteiger partial charge in [0.2, 0.25) is 0 Å². The summed E-state index contributed by atoms with van der Waals surface area (Å²) in [5.74, 6) is 0. The summed E-state index contributed by atoms with van der Waals surface area (Å²) in [6.45, 7) is 8.45. The number of nitrogens with zero attached hydrogens (tertiary/aromatic N) is 1. The first-order chi connectivity index (χ1) is 7.60. The number of hydrogen-bond donors (Lipinski definition) is 1. The molecule has 2 rings (SSSR count). The van der Waals surface area contributed by atoms with Gasteiger partial charge in [0.05, 0.1) is 0 Å². The van der Waals surface area contributed by atoms with Crippen molar-refractivity contribution in [3.05, 3.63) is 0 Å². The van der Waals surface area contributed by atoms with E-state index in [-0.39, 0.29) is 0 Å². The third kappa shape index (κ3) is 2.28. The highest BCUT2D eigenvalue weighted by molar-refractivity contribution is 5.03. The van der Waals surface area contributed by atoms with Gasteiger partial charge in [-0.15, -0.1) is 0 Å². The van der Waals surface area contributed by atoms with Crippen LogP contribution in [-0.2, 0) is 0 Å². The average Bonchev–Trinajstić information content (AvgIpc) is 3.00. The summed E-state index contributed by atoms with van der Waals surface area (Å²) < 4.78 is 0. The van der Waals surface area contributed by atoms with Gasteiger partial charge in [-0.05, 0) is 51.1 Å². The molecule has 0 radical (unpaired) electrons. The second-order valence-corrected chi connectivity index (χ2v) is 6.33. The van der Waals surface area contributed by atoms with Gasteiger partial charge in [0, 0.05) is 18.1 Å². The molecule has 1 N–H and O–H groups in total. The van der Waals surface area contributed by atoms with Crippen molar-refractivity contribution >= 4 is 0 Å². The second kappa shape index (κ2) is 4.66. The van der Waals surface area contributed by atoms with Crippen molar-refractivity contribution in [1.82, 2.24) is 10.2 Å². The Balaban J connectivity index is 2.06. The van der Waals surface area contributed by atoms with Gasteiger partial charge in [0.25, 0.3) is 0 Å². The summed E-state index contributed by atoms with van der Waals surface area (Å²) in [4.78, 5) is 2.80. The van der Waals surface area contributed by atoms with Crippen molar-refractivity contribution in [3.8, 4) is 0 Å². The Kier molecular flexibility index (Phi) is 3.60. The zero-order chi connectivity index (χ0) is 11.8. The van der Waals surface area contributed by atoms with Crippen LogP contribution >= 0.6 is 0 Å². The summed E-state index contributed by atoms with van der Waals surface area (Å²) in [6.07, 6.45) is 6.93. The Morgan fingerprint density at radius 3 is 2.44 bits per heavy atom. The first-order valence-corrected chi connectivity index (χ1v) is 7.03. The van der Waals surface area contributed by atoms with Gasteiger partial charge in [0.1, 0.15) is 0 Å². The zero-order valence-electron chi connectivity index (χ0n) is 11.4. The second-order valence-electron chi connectivity index (χ2n) is 6.33. The van der Waals surface area contributed by atoms with Gasteiger partial charge >= 0.3 is 0 Å². The molecule has 0 aromatic heterocycles. The summed E-state index contributed by atoms with van der Waals surface area (Å²) >= 11 is 0. The third-order valence-corrected chi connectivity index (χ3v) is 4.55. The van der Waals surface area contributed by atoms with Gasteiger partial charge < -0.3 is 5.32 Å². The predicted octanol–water partition coefficient (Wildman–Crippen LogP) is 2.64. The summed E-state index contributed by atoms with van der Waals surface area (Å²) in [7, 11) is 2.14. The lowest BCUT2D eigenvalue weighted by Gasteiger charge is -2.37. The lowest BCUT2D eigenvalue weighted by atomic mass is 9.86. The topological polar surface area (TPSA) is 15.3 Å². The molecule has 2 unspecified atom stereocenters. The van der Waals surface area contributed by atoms with Gasteiger partial charge in [-0.25, -0.2) is 0 Å². The van der Waals surface area contributed by atoms with Crippen molar-refractivity contribution < 1.29 is 0 Å². The molecule has 0 bridgehead atoms. The Labute approximate surface area is 101 Å². The Morgan fingerprint density at radius 2 is 1.94 bits per heavy atom. The molecule has 2 aliphatic carbocycles. The van der Waals surface area contributed by atoms with Crippen LogP contribution in [0.25, 0.3) is 0 Å². The van der Waals surface area contributed by atoms with E-state index < -0.39 is 0 Å². The average molecular weight is 224 g/mol. The first-order valence-electron chi connectivity index (χ1n) is 7.03. The highest BCUT2D eigenvalue weighted by Gasteiger charge is 2.46. The molecule has 16 heavy (non-hydrogen) atoms. The molecule has 2 saturated carbocycles. The monoisotopic (exact) mass is 224 g/mol. The molecule has 0 heterocycles. The minimum absolute atomic E-state index is 0.473. The van der Waals surface area contributed by atoms with Crippen molar-refractivity contribution in [1.29, 1.82) is 0 Å². The Bertz CT molecular complexity index is 233. The van der Waals surface area contributed by atoms with Crippen LogP contribution in [0.5, 0.6) is 0 Å². The fraction of sp³-hybridized carbons (Fsp3) is 1.00. The maximum Gasteiger partial charge on any atom is 0.0271 e. The van der Waals surface area contributed by atoms with E-state index in [1.807, 2.05) is 0 Å². The van der Waals surface area contributed by atoms with Crippen molar-refractivity contribution in [3.63, 3.8) is 0 Å². The maximum atomic E-state index is 3.58.